The van der Waals surface area contributed by atoms with Gasteiger partial charge in [-0.15, -0.1) is 0 Å². The van der Waals surface area contributed by atoms with E-state index in [-0.39, 0.29) is 29.6 Å². The second-order valence-corrected chi connectivity index (χ2v) is 11.0. The molecule has 0 bridgehead atoms. The van der Waals surface area contributed by atoms with Crippen LogP contribution in [0.3, 0.4) is 0 Å². The molecule has 2 fully saturated rings. The number of hydrogen-bond acceptors (Lipinski definition) is 6. The summed E-state index contributed by atoms with van der Waals surface area (Å²) >= 11 is 0. The Balaban J connectivity index is 1.70. The number of rotatable bonds is 6. The number of ether oxygens (including phenoxy) is 2. The van der Waals surface area contributed by atoms with Crippen LogP contribution in [-0.2, 0) is 14.3 Å². The molecule has 198 valence electrons. The Morgan fingerprint density at radius 1 is 1.11 bits per heavy atom. The topological polar surface area (TPSA) is 79.3 Å². The molecule has 3 aliphatic heterocycles. The Kier molecular flexibility index (Phi) is 8.28. The van der Waals surface area contributed by atoms with Crippen molar-refractivity contribution >= 4 is 18.0 Å². The second-order valence-electron chi connectivity index (χ2n) is 11.0. The van der Waals surface area contributed by atoms with E-state index in [1.54, 1.807) is 18.2 Å². The predicted molar refractivity (Wildman–Crippen MR) is 140 cm³/mol. The number of nitrogens with zero attached hydrogens (tertiary/aromatic N) is 2. The van der Waals surface area contributed by atoms with Gasteiger partial charge in [-0.05, 0) is 83.7 Å². The molecule has 36 heavy (non-hydrogen) atoms. The van der Waals surface area contributed by atoms with Crippen LogP contribution in [0.1, 0.15) is 89.8 Å². The van der Waals surface area contributed by atoms with Gasteiger partial charge < -0.3 is 19.5 Å². The van der Waals surface area contributed by atoms with Crippen LogP contribution in [0.5, 0.6) is 11.5 Å². The Hall–Kier alpha value is -2.54. The summed E-state index contributed by atoms with van der Waals surface area (Å²) in [4.78, 5) is 29.8. The van der Waals surface area contributed by atoms with Crippen LogP contribution in [0.15, 0.2) is 18.2 Å². The van der Waals surface area contributed by atoms with E-state index < -0.39 is 11.7 Å². The van der Waals surface area contributed by atoms with Crippen molar-refractivity contribution in [1.29, 1.82) is 0 Å². The zero-order chi connectivity index (χ0) is 25.9. The van der Waals surface area contributed by atoms with Gasteiger partial charge >= 0.3 is 5.97 Å². The molecular weight excluding hydrogens is 456 g/mol. The molecule has 0 aromatic heterocycles. The van der Waals surface area contributed by atoms with Gasteiger partial charge in [0.05, 0.1) is 17.5 Å². The summed E-state index contributed by atoms with van der Waals surface area (Å²) in [6.45, 7) is 11.0. The number of fused-ring (bicyclic) bond motifs is 1. The zero-order valence-corrected chi connectivity index (χ0v) is 22.3. The highest BCUT2D eigenvalue weighted by Gasteiger charge is 2.50. The lowest BCUT2D eigenvalue weighted by atomic mass is 9.83. The molecule has 1 amide bonds. The Morgan fingerprint density at radius 3 is 2.39 bits per heavy atom. The minimum atomic E-state index is -0.772. The fourth-order valence-electron chi connectivity index (χ4n) is 5.55. The highest BCUT2D eigenvalue weighted by Crippen LogP contribution is 2.50. The van der Waals surface area contributed by atoms with E-state index in [0.717, 1.165) is 58.3 Å². The van der Waals surface area contributed by atoms with Crippen molar-refractivity contribution in [2.24, 2.45) is 5.92 Å². The fourth-order valence-corrected chi connectivity index (χ4v) is 5.55. The van der Waals surface area contributed by atoms with Crippen LogP contribution in [0.4, 0.5) is 0 Å². The summed E-state index contributed by atoms with van der Waals surface area (Å²) in [5.41, 5.74) is 0.439. The van der Waals surface area contributed by atoms with Crippen LogP contribution in [0, 0.1) is 5.92 Å². The van der Waals surface area contributed by atoms with Crippen LogP contribution in [-0.4, -0.2) is 64.7 Å². The van der Waals surface area contributed by atoms with Crippen molar-refractivity contribution in [1.82, 2.24) is 9.80 Å². The van der Waals surface area contributed by atoms with E-state index in [1.165, 1.54) is 6.42 Å². The van der Waals surface area contributed by atoms with Crippen molar-refractivity contribution in [2.45, 2.75) is 90.4 Å². The van der Waals surface area contributed by atoms with Gasteiger partial charge in [0.2, 0.25) is 5.91 Å². The number of phenols is 1. The molecule has 1 aromatic carbocycles. The fraction of sp³-hybridized carbons (Fsp3) is 0.655. The van der Waals surface area contributed by atoms with E-state index in [2.05, 4.69) is 4.90 Å². The Labute approximate surface area is 215 Å². The van der Waals surface area contributed by atoms with Gasteiger partial charge in [0.1, 0.15) is 17.1 Å². The largest absolute Gasteiger partial charge is 0.507 e. The van der Waals surface area contributed by atoms with Gasteiger partial charge in [-0.3, -0.25) is 14.5 Å². The highest BCUT2D eigenvalue weighted by molar-refractivity contribution is 5.92. The SMILES string of the molecule is CC[C@H](C)C(=O)O[C@H]1[C@H](N2CCCCC2)c2c(ccc(/C=C/C(=O)N3CCCCC3)c2O)OC1(C)C. The number of aromatic hydroxyl groups is 1. The number of benzene rings is 1. The predicted octanol–water partition coefficient (Wildman–Crippen LogP) is 5.07. The van der Waals surface area contributed by atoms with Gasteiger partial charge in [0.15, 0.2) is 6.10 Å². The van der Waals surface area contributed by atoms with Gasteiger partial charge in [-0.2, -0.15) is 0 Å². The molecule has 4 rings (SSSR count). The molecule has 3 atom stereocenters. The normalized spacial score (nSPS) is 25.2. The first-order valence-electron chi connectivity index (χ1n) is 13.7. The molecule has 0 spiro atoms. The molecule has 0 saturated carbocycles. The highest BCUT2D eigenvalue weighted by atomic mass is 16.6. The van der Waals surface area contributed by atoms with Crippen LogP contribution < -0.4 is 4.74 Å². The van der Waals surface area contributed by atoms with E-state index in [9.17, 15) is 14.7 Å². The number of hydrogen-bond donors (Lipinski definition) is 1. The summed E-state index contributed by atoms with van der Waals surface area (Å²) in [6.07, 6.45) is 9.88. The third kappa shape index (κ3) is 5.56. The summed E-state index contributed by atoms with van der Waals surface area (Å²) in [7, 11) is 0. The van der Waals surface area contributed by atoms with Crippen molar-refractivity contribution in [2.75, 3.05) is 26.2 Å². The van der Waals surface area contributed by atoms with Crippen molar-refractivity contribution < 1.29 is 24.2 Å². The number of amides is 1. The first-order valence-corrected chi connectivity index (χ1v) is 13.7. The van der Waals surface area contributed by atoms with Crippen molar-refractivity contribution in [3.05, 3.63) is 29.3 Å². The molecule has 0 radical (unpaired) electrons. The first-order chi connectivity index (χ1) is 17.2. The Morgan fingerprint density at radius 2 is 1.75 bits per heavy atom. The maximum absolute atomic E-state index is 12.9. The van der Waals surface area contributed by atoms with Crippen LogP contribution >= 0.6 is 0 Å². The third-order valence-corrected chi connectivity index (χ3v) is 7.96. The lowest BCUT2D eigenvalue weighted by Crippen LogP contribution is -2.56. The molecule has 7 nitrogen and oxygen atoms in total. The molecule has 0 unspecified atom stereocenters. The molecular formula is C29H42N2O5. The summed E-state index contributed by atoms with van der Waals surface area (Å²) in [5.74, 6) is 0.201. The molecule has 1 N–H and O–H groups in total. The maximum Gasteiger partial charge on any atom is 0.309 e. The summed E-state index contributed by atoms with van der Waals surface area (Å²) in [6, 6.07) is 3.33. The van der Waals surface area contributed by atoms with E-state index in [4.69, 9.17) is 9.47 Å². The number of likely N-dealkylation sites (tertiary alicyclic amines) is 2. The second kappa shape index (κ2) is 11.2. The van der Waals surface area contributed by atoms with Gasteiger partial charge in [0.25, 0.3) is 0 Å². The van der Waals surface area contributed by atoms with E-state index in [0.29, 0.717) is 23.3 Å². The van der Waals surface area contributed by atoms with Gasteiger partial charge in [-0.25, -0.2) is 0 Å². The lowest BCUT2D eigenvalue weighted by Gasteiger charge is -2.49. The molecule has 1 aromatic rings. The standard InChI is InChI=1S/C29H42N2O5/c1-5-20(2)28(34)35-27-25(31-18-10-7-11-19-31)24-22(36-29(27,3)4)14-12-21(26(24)33)13-15-23(32)30-16-8-6-9-17-30/h12-15,20,25,27,33H,5-11,16-19H2,1-4H3/b15-13+/t20-,25+,27-/m0/s1. The number of phenolic OH excluding ortho intramolecular Hbond substituents is 1. The monoisotopic (exact) mass is 498 g/mol. The van der Waals surface area contributed by atoms with Gasteiger partial charge in [-0.1, -0.05) is 20.3 Å². The van der Waals surface area contributed by atoms with E-state index in [1.807, 2.05) is 38.7 Å². The van der Waals surface area contributed by atoms with Crippen molar-refractivity contribution in [3.8, 4) is 11.5 Å². The average molecular weight is 499 g/mol. The maximum atomic E-state index is 12.9. The Bertz CT molecular complexity index is 976. The zero-order valence-electron chi connectivity index (χ0n) is 22.3. The number of carbonyl (C=O) groups is 2. The molecule has 3 aliphatic rings. The van der Waals surface area contributed by atoms with E-state index >= 15 is 0 Å². The van der Waals surface area contributed by atoms with Crippen molar-refractivity contribution in [3.63, 3.8) is 0 Å². The lowest BCUT2D eigenvalue weighted by molar-refractivity contribution is -0.176. The minimum absolute atomic E-state index is 0.0304. The molecule has 7 heteroatoms. The quantitative estimate of drug-likeness (QED) is 0.436. The number of piperidine rings is 2. The first kappa shape index (κ1) is 26.5. The summed E-state index contributed by atoms with van der Waals surface area (Å²) < 4.78 is 12.5. The number of carbonyl (C=O) groups excluding carboxylic acids is 2. The minimum Gasteiger partial charge on any atom is -0.507 e. The van der Waals surface area contributed by atoms with Crippen LogP contribution in [0.2, 0.25) is 0 Å². The third-order valence-electron chi connectivity index (χ3n) is 7.96. The molecule has 3 heterocycles. The van der Waals surface area contributed by atoms with Crippen LogP contribution in [0.25, 0.3) is 6.08 Å². The van der Waals surface area contributed by atoms with Gasteiger partial charge in [0, 0.05) is 24.7 Å². The summed E-state index contributed by atoms with van der Waals surface area (Å²) in [5, 5.41) is 11.5. The number of esters is 1. The smallest absolute Gasteiger partial charge is 0.309 e. The average Bonchev–Trinajstić information content (AvgIpc) is 2.89. The molecule has 2 saturated heterocycles. The molecule has 0 aliphatic carbocycles.